The monoisotopic (exact) mass is 1200 g/mol. The summed E-state index contributed by atoms with van der Waals surface area (Å²) in [6.07, 6.45) is -50.1. The minimum Gasteiger partial charge on any atom is -0.478 e. The van der Waals surface area contributed by atoms with Crippen LogP contribution in [0.4, 0.5) is 105 Å². The van der Waals surface area contributed by atoms with Gasteiger partial charge in [0.15, 0.2) is 6.20 Å². The van der Waals surface area contributed by atoms with Crippen molar-refractivity contribution in [2.75, 3.05) is 0 Å². The van der Waals surface area contributed by atoms with E-state index in [1.54, 1.807) is 53.4 Å². The number of carbonyl (C=O) groups is 2. The van der Waals surface area contributed by atoms with E-state index >= 15 is 0 Å². The Balaban J connectivity index is 0.000000357. The first-order valence-electron chi connectivity index (χ1n) is 22.2. The van der Waals surface area contributed by atoms with Crippen LogP contribution in [0.2, 0.25) is 0 Å². The maximum atomic E-state index is 14.2. The molecular formula is C51H27BF24N2O4. The Labute approximate surface area is 442 Å². The van der Waals surface area contributed by atoms with Crippen LogP contribution in [-0.2, 0) is 56.0 Å². The number of halogens is 24. The second kappa shape index (κ2) is 22.2. The van der Waals surface area contributed by atoms with Gasteiger partial charge in [0.25, 0.3) is 0 Å². The second-order valence-electron chi connectivity index (χ2n) is 17.5. The van der Waals surface area contributed by atoms with Crippen molar-refractivity contribution in [2.45, 2.75) is 56.0 Å². The van der Waals surface area contributed by atoms with E-state index in [0.29, 0.717) is 17.2 Å². The number of carboxylic acid groups (broad SMARTS) is 1. The molecule has 82 heavy (non-hydrogen) atoms. The Morgan fingerprint density at radius 3 is 1.01 bits per heavy atom. The molecule has 7 rings (SSSR count). The number of rotatable bonds is 10. The van der Waals surface area contributed by atoms with Gasteiger partial charge < -0.3 is 9.84 Å². The first-order chi connectivity index (χ1) is 37.4. The number of ether oxygens (including phenoxy) is 1. The van der Waals surface area contributed by atoms with Crippen molar-refractivity contribution < 1.29 is 129 Å². The lowest BCUT2D eigenvalue weighted by atomic mass is 9.12. The van der Waals surface area contributed by atoms with Gasteiger partial charge in [-0.1, -0.05) is 84.9 Å². The average Bonchev–Trinajstić information content (AvgIpc) is 1.14. The molecule has 0 aliphatic heterocycles. The number of benzene rings is 6. The van der Waals surface area contributed by atoms with Crippen LogP contribution in [0.25, 0.3) is 0 Å². The number of aromatic nitrogens is 2. The van der Waals surface area contributed by atoms with Gasteiger partial charge in [-0.3, -0.25) is 4.79 Å². The molecule has 0 bridgehead atoms. The van der Waals surface area contributed by atoms with Gasteiger partial charge in [0, 0.05) is 5.56 Å². The van der Waals surface area contributed by atoms with Crippen LogP contribution in [0.3, 0.4) is 0 Å². The second-order valence-corrected chi connectivity index (χ2v) is 17.5. The fourth-order valence-corrected chi connectivity index (χ4v) is 8.34. The molecule has 436 valence electrons. The lowest BCUT2D eigenvalue weighted by molar-refractivity contribution is -0.687. The highest BCUT2D eigenvalue weighted by Crippen LogP contribution is 2.41. The number of hydrogen-bond acceptors (Lipinski definition) is 4. The fraction of sp³-hybridized carbons (Fsp3) is 0.176. The van der Waals surface area contributed by atoms with E-state index in [1.807, 2.05) is 6.07 Å². The summed E-state index contributed by atoms with van der Waals surface area (Å²) in [6.45, 7) is 0.0838. The molecule has 0 radical (unpaired) electrons. The first-order valence-corrected chi connectivity index (χ1v) is 22.2. The SMILES string of the molecule is FC(F)(F)c1cc([B-](c2cc(C(F)(F)F)cc(C(F)(F)F)c2)(c2cc(C(F)(F)F)cc(C(F)(F)F)c2)c2cc(C(F)(F)F)cc(C(F)(F)F)c2)cc(C(F)(F)F)c1.O=C(O)c1cccc(Oc2cncc[n+]2CC(=O)c2ccccc2)c1. The highest BCUT2D eigenvalue weighted by atomic mass is 19.4. The van der Waals surface area contributed by atoms with Crippen molar-refractivity contribution in [1.82, 2.24) is 4.98 Å². The van der Waals surface area contributed by atoms with E-state index in [2.05, 4.69) is 4.98 Å². The molecular weight excluding hydrogens is 1170 g/mol. The summed E-state index contributed by atoms with van der Waals surface area (Å²) in [5.74, 6) is -0.409. The molecule has 0 saturated carbocycles. The van der Waals surface area contributed by atoms with Crippen molar-refractivity contribution in [3.63, 3.8) is 0 Å². The predicted molar refractivity (Wildman–Crippen MR) is 239 cm³/mol. The molecule has 0 saturated heterocycles. The van der Waals surface area contributed by atoms with E-state index in [9.17, 15) is 115 Å². The topological polar surface area (TPSA) is 80.4 Å². The summed E-state index contributed by atoms with van der Waals surface area (Å²) >= 11 is 0. The summed E-state index contributed by atoms with van der Waals surface area (Å²) in [6, 6.07) is 6.28. The number of carboxylic acids is 1. The van der Waals surface area contributed by atoms with Gasteiger partial charge in [-0.05, 0) is 42.5 Å². The van der Waals surface area contributed by atoms with Gasteiger partial charge in [0.1, 0.15) is 18.1 Å². The van der Waals surface area contributed by atoms with Crippen molar-refractivity contribution in [3.05, 3.63) is 202 Å². The molecule has 6 nitrogen and oxygen atoms in total. The standard InChI is InChI=1S/C32H12BF24.C19H14N2O4/c34-25(35,36)13-1-14(26(37,38)39)6-21(5-13)33(22-7-15(27(40,41)42)2-16(8-22)28(43,44)45,23-9-17(29(46,47)48)3-18(10-23)30(49,50)51)24-11-19(31(52,53)54)4-20(12-24)32(55,56)57;22-17(14-5-2-1-3-6-14)13-21-10-9-20-12-18(21)25-16-8-4-7-15(11-16)19(23)24/h1-12H;1-12H,13H2/q-1;/p+1. The number of ketones is 1. The number of Topliss-reactive ketones (excluding diaryl/α,β-unsaturated/α-hetero) is 1. The highest BCUT2D eigenvalue weighted by Gasteiger charge is 2.47. The summed E-state index contributed by atoms with van der Waals surface area (Å²) in [7, 11) is 0. The van der Waals surface area contributed by atoms with E-state index in [0.717, 1.165) is 0 Å². The van der Waals surface area contributed by atoms with Crippen molar-refractivity contribution in [2.24, 2.45) is 0 Å². The molecule has 1 heterocycles. The molecule has 7 aromatic rings. The molecule has 0 aliphatic carbocycles. The van der Waals surface area contributed by atoms with Crippen molar-refractivity contribution in [3.8, 4) is 11.6 Å². The quantitative estimate of drug-likeness (QED) is 0.0639. The third-order valence-electron chi connectivity index (χ3n) is 12.0. The van der Waals surface area contributed by atoms with E-state index < -0.39 is 201 Å². The number of carbonyl (C=O) groups excluding carboxylic acids is 1. The lowest BCUT2D eigenvalue weighted by Gasteiger charge is -2.46. The molecule has 1 aromatic heterocycles. The molecule has 0 spiro atoms. The maximum Gasteiger partial charge on any atom is 0.416 e. The third-order valence-corrected chi connectivity index (χ3v) is 12.0. The van der Waals surface area contributed by atoms with Crippen LogP contribution >= 0.6 is 0 Å². The minimum absolute atomic E-state index is 0.0686. The fourth-order valence-electron chi connectivity index (χ4n) is 8.34. The Kier molecular flexibility index (Phi) is 17.1. The van der Waals surface area contributed by atoms with Gasteiger partial charge in [-0.2, -0.15) is 132 Å². The number of hydrogen-bond donors (Lipinski definition) is 1. The van der Waals surface area contributed by atoms with Crippen LogP contribution in [0.5, 0.6) is 11.6 Å². The average molecular weight is 1200 g/mol. The molecule has 6 aromatic carbocycles. The zero-order valence-electron chi connectivity index (χ0n) is 39.8. The van der Waals surface area contributed by atoms with Gasteiger partial charge in [0.05, 0.1) is 56.3 Å². The Morgan fingerprint density at radius 2 is 0.720 bits per heavy atom. The van der Waals surface area contributed by atoms with Gasteiger partial charge in [-0.15, -0.1) is 0 Å². The Hall–Kier alpha value is -8.28. The normalized spacial score (nSPS) is 13.1. The van der Waals surface area contributed by atoms with Crippen molar-refractivity contribution in [1.29, 1.82) is 0 Å². The third kappa shape index (κ3) is 14.6. The Morgan fingerprint density at radius 1 is 0.415 bits per heavy atom. The molecule has 0 fully saturated rings. The van der Waals surface area contributed by atoms with Gasteiger partial charge in [-0.25, -0.2) is 9.78 Å². The number of aromatic carboxylic acids is 1. The number of nitrogens with zero attached hydrogens (tertiary/aromatic N) is 2. The zero-order chi connectivity index (χ0) is 61.6. The summed E-state index contributed by atoms with van der Waals surface area (Å²) in [4.78, 5) is 27.5. The van der Waals surface area contributed by atoms with Crippen LogP contribution in [0.15, 0.2) is 146 Å². The molecule has 1 N–H and O–H groups in total. The van der Waals surface area contributed by atoms with E-state index in [-0.39, 0.29) is 17.9 Å². The molecule has 31 heteroatoms. The Bertz CT molecular complexity index is 3050. The van der Waals surface area contributed by atoms with E-state index in [1.165, 1.54) is 18.3 Å². The predicted octanol–water partition coefficient (Wildman–Crippen LogP) is 14.0. The molecule has 0 unspecified atom stereocenters. The van der Waals surface area contributed by atoms with Crippen LogP contribution in [-0.4, -0.2) is 28.0 Å². The smallest absolute Gasteiger partial charge is 0.416 e. The van der Waals surface area contributed by atoms with Crippen molar-refractivity contribution >= 4 is 39.7 Å². The highest BCUT2D eigenvalue weighted by molar-refractivity contribution is 7.20. The van der Waals surface area contributed by atoms with Crippen LogP contribution in [0.1, 0.15) is 65.2 Å². The van der Waals surface area contributed by atoms with Gasteiger partial charge >= 0.3 is 61.3 Å². The van der Waals surface area contributed by atoms with Crippen LogP contribution < -0.4 is 31.2 Å². The molecule has 0 amide bonds. The summed E-state index contributed by atoms with van der Waals surface area (Å²) in [5.41, 5.74) is -29.5. The van der Waals surface area contributed by atoms with E-state index in [4.69, 9.17) is 9.84 Å². The zero-order valence-corrected chi connectivity index (χ0v) is 39.8. The lowest BCUT2D eigenvalue weighted by Crippen LogP contribution is -2.75. The maximum absolute atomic E-state index is 14.2. The summed E-state index contributed by atoms with van der Waals surface area (Å²) < 4.78 is 348. The minimum atomic E-state index is -6.13. The van der Waals surface area contributed by atoms with Gasteiger partial charge in [0.2, 0.25) is 12.3 Å². The van der Waals surface area contributed by atoms with Crippen LogP contribution in [0, 0.1) is 0 Å². The summed E-state index contributed by atoms with van der Waals surface area (Å²) in [5, 5.41) is 9.06. The first kappa shape index (κ1) is 62.9. The largest absolute Gasteiger partial charge is 0.478 e. The molecule has 0 atom stereocenters. The number of alkyl halides is 24. The molecule has 0 aliphatic rings.